The van der Waals surface area contributed by atoms with Crippen molar-refractivity contribution in [3.05, 3.63) is 73.9 Å². The Balaban J connectivity index is 1.70. The van der Waals surface area contributed by atoms with Crippen molar-refractivity contribution in [2.75, 3.05) is 5.32 Å². The van der Waals surface area contributed by atoms with Crippen molar-refractivity contribution in [1.82, 2.24) is 14.8 Å². The molecule has 0 saturated heterocycles. The van der Waals surface area contributed by atoms with E-state index in [1.165, 1.54) is 46.4 Å². The number of carbonyl (C=O) groups excluding carboxylic acids is 1. The minimum atomic E-state index is -0.479. The summed E-state index contributed by atoms with van der Waals surface area (Å²) in [6.07, 6.45) is 1.87. The van der Waals surface area contributed by atoms with Crippen molar-refractivity contribution in [2.45, 2.75) is 6.42 Å². The number of hydrogen-bond donors (Lipinski definition) is 1. The molecular formula is C16H12ClFN4O2S. The third-order valence-corrected chi connectivity index (χ3v) is 4.50. The molecule has 2 heterocycles. The number of aromatic nitrogens is 3. The summed E-state index contributed by atoms with van der Waals surface area (Å²) in [6, 6.07) is 7.20. The van der Waals surface area contributed by atoms with Gasteiger partial charge in [-0.1, -0.05) is 29.0 Å². The van der Waals surface area contributed by atoms with Crippen LogP contribution in [0, 0.1) is 5.82 Å². The van der Waals surface area contributed by atoms with Crippen molar-refractivity contribution in [1.29, 1.82) is 0 Å². The Morgan fingerprint density at radius 1 is 1.32 bits per heavy atom. The van der Waals surface area contributed by atoms with E-state index in [-0.39, 0.29) is 16.5 Å². The maximum atomic E-state index is 13.2. The molecule has 0 spiro atoms. The molecule has 0 aliphatic heterocycles. The lowest BCUT2D eigenvalue weighted by Gasteiger charge is -2.02. The van der Waals surface area contributed by atoms with E-state index < -0.39 is 5.82 Å². The van der Waals surface area contributed by atoms with E-state index in [9.17, 15) is 14.0 Å². The van der Waals surface area contributed by atoms with Crippen LogP contribution in [0.2, 0.25) is 5.02 Å². The Morgan fingerprint density at radius 2 is 2.12 bits per heavy atom. The van der Waals surface area contributed by atoms with Crippen LogP contribution in [0.25, 0.3) is 0 Å². The summed E-state index contributed by atoms with van der Waals surface area (Å²) >= 11 is 6.97. The van der Waals surface area contributed by atoms with Gasteiger partial charge in [-0.2, -0.15) is 0 Å². The standard InChI is InChI=1S/C16H12ClFN4O2S/c1-22-8-10(3-5-14(22)23)15(24)19-16-21-20-13(25-16)7-9-2-4-12(18)11(17)6-9/h2-6,8H,7H2,1H3,(H,19,21,24). The van der Waals surface area contributed by atoms with Crippen LogP contribution < -0.4 is 10.9 Å². The number of rotatable bonds is 4. The van der Waals surface area contributed by atoms with Gasteiger partial charge >= 0.3 is 0 Å². The van der Waals surface area contributed by atoms with E-state index in [1.807, 2.05) is 0 Å². The van der Waals surface area contributed by atoms with Crippen molar-refractivity contribution in [2.24, 2.45) is 7.05 Å². The van der Waals surface area contributed by atoms with Crippen molar-refractivity contribution in [3.63, 3.8) is 0 Å². The molecule has 9 heteroatoms. The molecule has 0 aliphatic rings. The van der Waals surface area contributed by atoms with E-state index in [0.717, 1.165) is 5.56 Å². The second kappa shape index (κ2) is 7.12. The molecule has 0 aliphatic carbocycles. The molecule has 0 unspecified atom stereocenters. The van der Waals surface area contributed by atoms with Crippen molar-refractivity contribution in [3.8, 4) is 0 Å². The molecule has 0 fully saturated rings. The summed E-state index contributed by atoms with van der Waals surface area (Å²) in [4.78, 5) is 23.5. The van der Waals surface area contributed by atoms with Crippen molar-refractivity contribution < 1.29 is 9.18 Å². The highest BCUT2D eigenvalue weighted by Crippen LogP contribution is 2.22. The summed E-state index contributed by atoms with van der Waals surface area (Å²) in [6.45, 7) is 0. The lowest BCUT2D eigenvalue weighted by Crippen LogP contribution is -2.19. The van der Waals surface area contributed by atoms with Gasteiger partial charge in [-0.3, -0.25) is 14.9 Å². The van der Waals surface area contributed by atoms with Crippen LogP contribution in [0.15, 0.2) is 41.3 Å². The quantitative estimate of drug-likeness (QED) is 0.757. The lowest BCUT2D eigenvalue weighted by atomic mass is 10.1. The molecule has 3 aromatic rings. The minimum Gasteiger partial charge on any atom is -0.318 e. The van der Waals surface area contributed by atoms with Gasteiger partial charge in [0.2, 0.25) is 10.7 Å². The summed E-state index contributed by atoms with van der Waals surface area (Å²) in [7, 11) is 1.57. The highest BCUT2D eigenvalue weighted by Gasteiger charge is 2.12. The fourth-order valence-electron chi connectivity index (χ4n) is 2.10. The number of hydrogen-bond acceptors (Lipinski definition) is 5. The van der Waals surface area contributed by atoms with E-state index in [2.05, 4.69) is 15.5 Å². The summed E-state index contributed by atoms with van der Waals surface area (Å²) < 4.78 is 14.5. The fraction of sp³-hybridized carbons (Fsp3) is 0.125. The smallest absolute Gasteiger partial charge is 0.258 e. The Hall–Kier alpha value is -2.58. The molecule has 1 aromatic carbocycles. The zero-order chi connectivity index (χ0) is 18.0. The monoisotopic (exact) mass is 378 g/mol. The van der Waals surface area contributed by atoms with Gasteiger partial charge in [0, 0.05) is 25.7 Å². The average Bonchev–Trinajstić information content (AvgIpc) is 3.00. The topological polar surface area (TPSA) is 76.9 Å². The zero-order valence-corrected chi connectivity index (χ0v) is 14.6. The van der Waals surface area contributed by atoms with Crippen LogP contribution in [0.3, 0.4) is 0 Å². The molecule has 25 heavy (non-hydrogen) atoms. The first-order valence-corrected chi connectivity index (χ1v) is 8.36. The maximum absolute atomic E-state index is 13.2. The molecule has 0 radical (unpaired) electrons. The second-order valence-corrected chi connectivity index (χ2v) is 6.72. The number of halogens is 2. The number of amides is 1. The largest absolute Gasteiger partial charge is 0.318 e. The second-order valence-electron chi connectivity index (χ2n) is 5.25. The van der Waals surface area contributed by atoms with Crippen LogP contribution in [-0.2, 0) is 13.5 Å². The summed E-state index contributed by atoms with van der Waals surface area (Å²) in [5, 5.41) is 11.6. The molecule has 1 amide bonds. The van der Waals surface area contributed by atoms with Gasteiger partial charge in [0.05, 0.1) is 10.6 Å². The highest BCUT2D eigenvalue weighted by molar-refractivity contribution is 7.15. The third kappa shape index (κ3) is 4.09. The first-order chi connectivity index (χ1) is 11.9. The molecule has 128 valence electrons. The first kappa shape index (κ1) is 17.2. The van der Waals surface area contributed by atoms with Crippen LogP contribution >= 0.6 is 22.9 Å². The highest BCUT2D eigenvalue weighted by atomic mass is 35.5. The molecule has 0 atom stereocenters. The number of aryl methyl sites for hydroxylation is 1. The number of nitrogens with zero attached hydrogens (tertiary/aromatic N) is 3. The Morgan fingerprint density at radius 3 is 2.84 bits per heavy atom. The summed E-state index contributed by atoms with van der Waals surface area (Å²) in [5.74, 6) is -0.865. The van der Waals surface area contributed by atoms with E-state index in [4.69, 9.17) is 11.6 Å². The van der Waals surface area contributed by atoms with E-state index >= 15 is 0 Å². The summed E-state index contributed by atoms with van der Waals surface area (Å²) in [5.41, 5.74) is 0.926. The molecule has 0 bridgehead atoms. The maximum Gasteiger partial charge on any atom is 0.258 e. The van der Waals surface area contributed by atoms with Crippen LogP contribution in [0.1, 0.15) is 20.9 Å². The van der Waals surface area contributed by atoms with Gasteiger partial charge in [0.25, 0.3) is 5.91 Å². The molecule has 0 saturated carbocycles. The first-order valence-electron chi connectivity index (χ1n) is 7.17. The predicted octanol–water partition coefficient (Wildman–Crippen LogP) is 2.87. The minimum absolute atomic E-state index is 0.0465. The molecule has 6 nitrogen and oxygen atoms in total. The molecular weight excluding hydrogens is 367 g/mol. The lowest BCUT2D eigenvalue weighted by molar-refractivity contribution is 0.102. The molecule has 3 rings (SSSR count). The number of benzene rings is 1. The van der Waals surface area contributed by atoms with Crippen LogP contribution in [0.5, 0.6) is 0 Å². The fourth-order valence-corrected chi connectivity index (χ4v) is 3.07. The van der Waals surface area contributed by atoms with Gasteiger partial charge in [-0.15, -0.1) is 10.2 Å². The zero-order valence-electron chi connectivity index (χ0n) is 13.0. The van der Waals surface area contributed by atoms with Crippen LogP contribution in [0.4, 0.5) is 9.52 Å². The van der Waals surface area contributed by atoms with Crippen LogP contribution in [-0.4, -0.2) is 20.7 Å². The van der Waals surface area contributed by atoms with Gasteiger partial charge in [0.15, 0.2) is 0 Å². The van der Waals surface area contributed by atoms with E-state index in [1.54, 1.807) is 13.1 Å². The van der Waals surface area contributed by atoms with Gasteiger partial charge < -0.3 is 4.57 Å². The Bertz CT molecular complexity index is 1000. The average molecular weight is 379 g/mol. The normalized spacial score (nSPS) is 10.7. The SMILES string of the molecule is Cn1cc(C(=O)Nc2nnc(Cc3ccc(F)c(Cl)c3)s2)ccc1=O. The third-order valence-electron chi connectivity index (χ3n) is 3.37. The Labute approximate surface area is 150 Å². The van der Waals surface area contributed by atoms with Gasteiger partial charge in [-0.05, 0) is 23.8 Å². The number of nitrogens with one attached hydrogen (secondary N) is 1. The predicted molar refractivity (Wildman–Crippen MR) is 93.8 cm³/mol. The van der Waals surface area contributed by atoms with Gasteiger partial charge in [0.1, 0.15) is 10.8 Å². The molecule has 2 aromatic heterocycles. The van der Waals surface area contributed by atoms with E-state index in [0.29, 0.717) is 22.1 Å². The van der Waals surface area contributed by atoms with Crippen molar-refractivity contribution >= 4 is 34.0 Å². The number of anilines is 1. The van der Waals surface area contributed by atoms with Gasteiger partial charge in [-0.25, -0.2) is 4.39 Å². The number of carbonyl (C=O) groups is 1. The Kier molecular flexibility index (Phi) is 4.91. The number of pyridine rings is 1. The molecule has 1 N–H and O–H groups in total.